The van der Waals surface area contributed by atoms with Gasteiger partial charge in [0.15, 0.2) is 11.2 Å². The zero-order chi connectivity index (χ0) is 36.1. The average Bonchev–Trinajstić information content (AvgIpc) is 3.63. The van der Waals surface area contributed by atoms with Gasteiger partial charge in [-0.25, -0.2) is 0 Å². The second kappa shape index (κ2) is 17.8. The Labute approximate surface area is 302 Å². The highest BCUT2D eigenvalue weighted by molar-refractivity contribution is 6.08. The maximum atomic E-state index is 12.6. The zero-order valence-electron chi connectivity index (χ0n) is 29.2. The fourth-order valence-corrected chi connectivity index (χ4v) is 5.62. The van der Waals surface area contributed by atoms with Crippen LogP contribution in [-0.2, 0) is 19.4 Å². The first-order valence-electron chi connectivity index (χ1n) is 17.6. The fraction of sp³-hybridized carbons (Fsp3) is 0.238. The molecule has 0 bridgehead atoms. The van der Waals surface area contributed by atoms with Crippen molar-refractivity contribution in [3.8, 4) is 28.6 Å². The maximum absolute atomic E-state index is 12.6. The molecule has 0 radical (unpaired) electrons. The lowest BCUT2D eigenvalue weighted by Gasteiger charge is -2.08. The number of para-hydroxylation sites is 1. The summed E-state index contributed by atoms with van der Waals surface area (Å²) in [6, 6.07) is 29.0. The van der Waals surface area contributed by atoms with Gasteiger partial charge < -0.3 is 24.3 Å². The molecule has 0 saturated carbocycles. The molecule has 52 heavy (non-hydrogen) atoms. The molecule has 0 aliphatic rings. The highest BCUT2D eigenvalue weighted by Crippen LogP contribution is 2.25. The van der Waals surface area contributed by atoms with Crippen LogP contribution in [0.2, 0.25) is 0 Å². The van der Waals surface area contributed by atoms with Gasteiger partial charge >= 0.3 is 0 Å². The number of benzene rings is 4. The fourth-order valence-electron chi connectivity index (χ4n) is 5.62. The van der Waals surface area contributed by atoms with E-state index >= 15 is 0 Å². The van der Waals surface area contributed by atoms with Gasteiger partial charge in [-0.05, 0) is 104 Å². The van der Waals surface area contributed by atoms with Gasteiger partial charge in [-0.15, -0.1) is 5.10 Å². The number of fused-ring (bicyclic) bond motifs is 1. The number of unbranched alkanes of at least 4 members (excludes halogenated alkanes) is 1. The molecule has 0 aliphatic heterocycles. The molecule has 2 N–H and O–H groups in total. The molecule has 6 rings (SSSR count). The molecular weight excluding hydrogens is 656 g/mol. The van der Waals surface area contributed by atoms with E-state index in [1.54, 1.807) is 30.3 Å². The minimum absolute atomic E-state index is 0.00976. The number of hydrogen-bond acceptors (Lipinski definition) is 9. The van der Waals surface area contributed by atoms with Crippen LogP contribution in [0.15, 0.2) is 119 Å². The van der Waals surface area contributed by atoms with Crippen molar-refractivity contribution in [1.82, 2.24) is 20.3 Å². The molecule has 10 nitrogen and oxygen atoms in total. The number of nitrogens with zero attached hydrogens (tertiary/aromatic N) is 3. The van der Waals surface area contributed by atoms with Crippen molar-refractivity contribution in [2.45, 2.75) is 39.2 Å². The van der Waals surface area contributed by atoms with E-state index in [0.717, 1.165) is 66.1 Å². The number of carbonyl (C=O) groups is 1. The zero-order valence-corrected chi connectivity index (χ0v) is 29.2. The summed E-state index contributed by atoms with van der Waals surface area (Å²) < 4.78 is 19.5. The van der Waals surface area contributed by atoms with E-state index in [2.05, 4.69) is 15.6 Å². The van der Waals surface area contributed by atoms with Crippen molar-refractivity contribution in [3.05, 3.63) is 142 Å². The lowest BCUT2D eigenvalue weighted by Crippen LogP contribution is -2.25. The topological polar surface area (TPSA) is 129 Å². The van der Waals surface area contributed by atoms with Gasteiger partial charge in [0, 0.05) is 30.9 Å². The third-order valence-electron chi connectivity index (χ3n) is 8.56. The molecule has 6 aromatic rings. The van der Waals surface area contributed by atoms with Crippen LogP contribution in [0, 0.1) is 0 Å². The first-order valence-corrected chi connectivity index (χ1v) is 17.6. The number of phenolic OH excluding ortho intramolecular Hbond substituents is 1. The summed E-state index contributed by atoms with van der Waals surface area (Å²) in [4.78, 5) is 25.0. The SMILES string of the molecule is CCc1ccc(O)c(C(=O)/C=C/c2ccc(OCCCCc3cn(CCNCCOc4ccc(-c5cc(=O)c6ccccc6o5)cc4)nn3)cc2)c1. The Morgan fingerprint density at radius 1 is 0.904 bits per heavy atom. The summed E-state index contributed by atoms with van der Waals surface area (Å²) >= 11 is 0. The smallest absolute Gasteiger partial charge is 0.193 e. The lowest BCUT2D eigenvalue weighted by atomic mass is 10.0. The molecule has 0 atom stereocenters. The van der Waals surface area contributed by atoms with Crippen LogP contribution in [0.5, 0.6) is 17.2 Å². The van der Waals surface area contributed by atoms with Gasteiger partial charge in [0.25, 0.3) is 0 Å². The Hall–Kier alpha value is -6.00. The molecule has 266 valence electrons. The van der Waals surface area contributed by atoms with Gasteiger partial charge in [-0.2, -0.15) is 0 Å². The molecule has 0 aliphatic carbocycles. The van der Waals surface area contributed by atoms with Gasteiger partial charge in [0.2, 0.25) is 0 Å². The van der Waals surface area contributed by atoms with E-state index in [1.807, 2.05) is 84.5 Å². The number of ketones is 1. The average molecular weight is 699 g/mol. The standard InChI is InChI=1S/C42H42N4O6/c1-2-30-12-20-38(47)37(27-30)39(48)21-13-31-10-16-34(17-11-31)50-25-6-5-7-33-29-46(45-44-33)24-22-43-23-26-51-35-18-14-32(15-19-35)42-28-40(49)36-8-3-4-9-41(36)52-42/h3-4,8-21,27-29,43,47H,2,5-7,22-26H2,1H3/b21-13+. The van der Waals surface area contributed by atoms with Crippen molar-refractivity contribution in [2.24, 2.45) is 0 Å². The van der Waals surface area contributed by atoms with E-state index in [-0.39, 0.29) is 17.0 Å². The molecule has 0 saturated heterocycles. The van der Waals surface area contributed by atoms with E-state index in [4.69, 9.17) is 13.9 Å². The summed E-state index contributed by atoms with van der Waals surface area (Å²) in [7, 11) is 0. The van der Waals surface area contributed by atoms with E-state index in [1.165, 1.54) is 12.1 Å². The summed E-state index contributed by atoms with van der Waals surface area (Å²) in [6.45, 7) is 5.23. The third kappa shape index (κ3) is 9.82. The molecule has 10 heteroatoms. The summed E-state index contributed by atoms with van der Waals surface area (Å²) in [5, 5.41) is 22.5. The quantitative estimate of drug-likeness (QED) is 0.0540. The lowest BCUT2D eigenvalue weighted by molar-refractivity contribution is 0.104. The van der Waals surface area contributed by atoms with E-state index in [0.29, 0.717) is 48.6 Å². The molecule has 0 amide bonds. The Kier molecular flexibility index (Phi) is 12.2. The Bertz CT molecular complexity index is 2170. The predicted molar refractivity (Wildman–Crippen MR) is 202 cm³/mol. The third-order valence-corrected chi connectivity index (χ3v) is 8.56. The number of nitrogens with one attached hydrogen (secondary N) is 1. The maximum Gasteiger partial charge on any atom is 0.193 e. The van der Waals surface area contributed by atoms with Crippen molar-refractivity contribution in [2.75, 3.05) is 26.3 Å². The first kappa shape index (κ1) is 35.8. The van der Waals surface area contributed by atoms with Gasteiger partial charge in [0.1, 0.15) is 35.2 Å². The van der Waals surface area contributed by atoms with Gasteiger partial charge in [-0.3, -0.25) is 14.3 Å². The molecule has 4 aromatic carbocycles. The van der Waals surface area contributed by atoms with E-state index < -0.39 is 0 Å². The number of aromatic nitrogens is 3. The van der Waals surface area contributed by atoms with Crippen LogP contribution in [0.25, 0.3) is 28.4 Å². The predicted octanol–water partition coefficient (Wildman–Crippen LogP) is 7.29. The Balaban J connectivity index is 0.828. The van der Waals surface area contributed by atoms with Crippen LogP contribution in [0.3, 0.4) is 0 Å². The number of carbonyl (C=O) groups excluding carboxylic acids is 1. The van der Waals surface area contributed by atoms with Crippen molar-refractivity contribution >= 4 is 22.8 Å². The van der Waals surface area contributed by atoms with Crippen LogP contribution in [-0.4, -0.2) is 52.2 Å². The van der Waals surface area contributed by atoms with E-state index in [9.17, 15) is 14.7 Å². The molecule has 0 spiro atoms. The second-order valence-electron chi connectivity index (χ2n) is 12.3. The van der Waals surface area contributed by atoms with Crippen LogP contribution in [0.1, 0.15) is 46.9 Å². The molecule has 2 heterocycles. The van der Waals surface area contributed by atoms with Crippen molar-refractivity contribution < 1.29 is 23.8 Å². The number of allylic oxidation sites excluding steroid dienone is 1. The highest BCUT2D eigenvalue weighted by Gasteiger charge is 2.10. The minimum Gasteiger partial charge on any atom is -0.507 e. The number of rotatable bonds is 18. The largest absolute Gasteiger partial charge is 0.507 e. The normalized spacial score (nSPS) is 11.3. The second-order valence-corrected chi connectivity index (χ2v) is 12.3. The Morgan fingerprint density at radius 2 is 1.67 bits per heavy atom. The van der Waals surface area contributed by atoms with Crippen LogP contribution >= 0.6 is 0 Å². The number of phenols is 1. The monoisotopic (exact) mass is 698 g/mol. The number of aryl methyl sites for hydroxylation is 2. The van der Waals surface area contributed by atoms with Crippen molar-refractivity contribution in [3.63, 3.8) is 0 Å². The highest BCUT2D eigenvalue weighted by atomic mass is 16.5. The molecule has 0 fully saturated rings. The van der Waals surface area contributed by atoms with Gasteiger partial charge in [-0.1, -0.05) is 48.5 Å². The van der Waals surface area contributed by atoms with Crippen LogP contribution < -0.4 is 20.2 Å². The van der Waals surface area contributed by atoms with Crippen LogP contribution in [0.4, 0.5) is 0 Å². The summed E-state index contributed by atoms with van der Waals surface area (Å²) in [5.74, 6) is 1.80. The molecular formula is C42H42N4O6. The minimum atomic E-state index is -0.233. The van der Waals surface area contributed by atoms with Crippen molar-refractivity contribution in [1.29, 1.82) is 0 Å². The number of ether oxygens (including phenoxy) is 2. The summed E-state index contributed by atoms with van der Waals surface area (Å²) in [6.07, 6.45) is 8.63. The molecule has 0 unspecified atom stereocenters. The first-order chi connectivity index (χ1) is 25.4. The van der Waals surface area contributed by atoms with Gasteiger partial charge in [0.05, 0.1) is 29.8 Å². The molecule has 2 aromatic heterocycles. The number of aromatic hydroxyl groups is 1. The Morgan fingerprint density at radius 3 is 2.48 bits per heavy atom. The number of hydrogen-bond donors (Lipinski definition) is 2. The summed E-state index contributed by atoms with van der Waals surface area (Å²) in [5.41, 5.74) is 4.46.